The van der Waals surface area contributed by atoms with Gasteiger partial charge in [0.05, 0.1) is 5.71 Å². The number of carbonyl (C=O) groups is 1. The number of nitrogens with one attached hydrogen (secondary N) is 1. The van der Waals surface area contributed by atoms with Gasteiger partial charge in [-0.05, 0) is 24.5 Å². The van der Waals surface area contributed by atoms with E-state index in [1.165, 1.54) is 0 Å². The lowest BCUT2D eigenvalue weighted by Gasteiger charge is -2.35. The molecule has 0 bridgehead atoms. The third-order valence-corrected chi connectivity index (χ3v) is 4.87. The van der Waals surface area contributed by atoms with Gasteiger partial charge >= 0.3 is 0 Å². The Kier molecular flexibility index (Phi) is 2.99. The molecule has 3 N–H and O–H groups in total. The Labute approximate surface area is 133 Å². The van der Waals surface area contributed by atoms with Crippen molar-refractivity contribution in [2.75, 3.05) is 5.32 Å². The zero-order valence-corrected chi connectivity index (χ0v) is 12.4. The molecule has 23 heavy (non-hydrogen) atoms. The second kappa shape index (κ2) is 4.93. The van der Waals surface area contributed by atoms with Crippen LogP contribution in [0.4, 0.5) is 5.69 Å². The van der Waals surface area contributed by atoms with Crippen LogP contribution in [0.2, 0.25) is 0 Å². The molecular weight excluding hydrogens is 292 g/mol. The molecule has 4 rings (SSSR count). The Hall–Kier alpha value is -2.66. The Morgan fingerprint density at radius 3 is 2.70 bits per heavy atom. The van der Waals surface area contributed by atoms with Crippen molar-refractivity contribution in [2.24, 2.45) is 11.1 Å². The molecule has 1 aliphatic heterocycles. The van der Waals surface area contributed by atoms with Crippen molar-refractivity contribution >= 4 is 17.3 Å². The maximum absolute atomic E-state index is 12.5. The molecule has 1 aliphatic carbocycles. The molecule has 2 atom stereocenters. The zero-order valence-electron chi connectivity index (χ0n) is 12.4. The van der Waals surface area contributed by atoms with Gasteiger partial charge in [0, 0.05) is 22.7 Å². The molecule has 5 nitrogen and oxygen atoms in total. The van der Waals surface area contributed by atoms with Gasteiger partial charge in [0.2, 0.25) is 0 Å². The predicted molar refractivity (Wildman–Crippen MR) is 85.5 cm³/mol. The van der Waals surface area contributed by atoms with E-state index in [1.54, 1.807) is 18.2 Å². The summed E-state index contributed by atoms with van der Waals surface area (Å²) in [5.74, 6) is -1.06. The number of oxime groups is 1. The molecule has 2 aromatic rings. The smallest absolute Gasteiger partial charge is 0.261 e. The van der Waals surface area contributed by atoms with Gasteiger partial charge in [-0.15, -0.1) is 0 Å². The fraction of sp³-hybridized carbons (Fsp3) is 0.222. The van der Waals surface area contributed by atoms with Crippen LogP contribution in [0.15, 0.2) is 53.7 Å². The summed E-state index contributed by atoms with van der Waals surface area (Å²) >= 11 is 0. The number of anilines is 1. The lowest BCUT2D eigenvalue weighted by atomic mass is 9.71. The monoisotopic (exact) mass is 308 g/mol. The number of fused-ring (bicyclic) bond motifs is 2. The van der Waals surface area contributed by atoms with E-state index < -0.39 is 17.4 Å². The minimum Gasteiger partial charge on any atom is -0.411 e. The largest absolute Gasteiger partial charge is 0.411 e. The van der Waals surface area contributed by atoms with Crippen molar-refractivity contribution < 1.29 is 15.1 Å². The summed E-state index contributed by atoms with van der Waals surface area (Å²) in [4.78, 5) is 12.5. The second-order valence-corrected chi connectivity index (χ2v) is 6.00. The number of aryl methyl sites for hydroxylation is 1. The number of hydrogen-bond donors (Lipinski definition) is 3. The van der Waals surface area contributed by atoms with Gasteiger partial charge in [0.1, 0.15) is 0 Å². The fourth-order valence-corrected chi connectivity index (χ4v) is 3.75. The molecule has 2 unspecified atom stereocenters. The van der Waals surface area contributed by atoms with Crippen LogP contribution in [0.3, 0.4) is 0 Å². The highest BCUT2D eigenvalue weighted by molar-refractivity contribution is 6.12. The summed E-state index contributed by atoms with van der Waals surface area (Å²) in [6.07, 6.45) is 1.26. The Bertz CT molecular complexity index is 831. The highest BCUT2D eigenvalue weighted by Crippen LogP contribution is 2.45. The van der Waals surface area contributed by atoms with Crippen LogP contribution in [0.25, 0.3) is 0 Å². The molecule has 1 heterocycles. The summed E-state index contributed by atoms with van der Waals surface area (Å²) < 4.78 is 0. The number of rotatable bonds is 1. The number of nitrogens with zero attached hydrogens (tertiary/aromatic N) is 1. The van der Waals surface area contributed by atoms with E-state index in [2.05, 4.69) is 10.5 Å². The number of amides is 1. The van der Waals surface area contributed by atoms with Crippen LogP contribution < -0.4 is 5.32 Å². The summed E-state index contributed by atoms with van der Waals surface area (Å²) in [5.41, 5.74) is 1.64. The number of benzene rings is 2. The topological polar surface area (TPSA) is 81.9 Å². The third kappa shape index (κ3) is 1.83. The van der Waals surface area contributed by atoms with Gasteiger partial charge in [0.25, 0.3) is 5.91 Å². The van der Waals surface area contributed by atoms with Gasteiger partial charge in [-0.1, -0.05) is 47.6 Å². The SMILES string of the molecule is O=C1Nc2ccccc2C1(O)C1CCc2ccccc2/C1=N\O. The first-order valence-corrected chi connectivity index (χ1v) is 7.60. The van der Waals surface area contributed by atoms with Crippen molar-refractivity contribution in [3.8, 4) is 0 Å². The van der Waals surface area contributed by atoms with E-state index in [1.807, 2.05) is 30.3 Å². The number of carbonyl (C=O) groups excluding carboxylic acids is 1. The molecular formula is C18H16N2O3. The Balaban J connectivity index is 1.87. The van der Waals surface area contributed by atoms with Crippen LogP contribution in [0.5, 0.6) is 0 Å². The van der Waals surface area contributed by atoms with Crippen LogP contribution in [0, 0.1) is 5.92 Å². The molecule has 1 amide bonds. The number of hydrogen-bond acceptors (Lipinski definition) is 4. The minimum absolute atomic E-state index is 0.362. The normalized spacial score (nSPS) is 27.4. The van der Waals surface area contributed by atoms with E-state index in [4.69, 9.17) is 0 Å². The number of aliphatic hydroxyl groups is 1. The van der Waals surface area contributed by atoms with Crippen molar-refractivity contribution in [3.63, 3.8) is 0 Å². The van der Waals surface area contributed by atoms with Gasteiger partial charge in [-0.2, -0.15) is 0 Å². The number of para-hydroxylation sites is 1. The molecule has 116 valence electrons. The highest BCUT2D eigenvalue weighted by Gasteiger charge is 2.54. The standard InChI is InChI=1S/C18H16N2O3/c21-17-18(22,13-7-3-4-8-15(13)19-17)14-10-9-11-5-1-2-6-12(11)16(14)20-23/h1-8,14,22-23H,9-10H2,(H,19,21)/b20-16+. The molecule has 0 aromatic heterocycles. The van der Waals surface area contributed by atoms with Crippen molar-refractivity contribution in [1.29, 1.82) is 0 Å². The summed E-state index contributed by atoms with van der Waals surface area (Å²) in [5, 5.41) is 27.0. The summed E-state index contributed by atoms with van der Waals surface area (Å²) in [6, 6.07) is 14.7. The lowest BCUT2D eigenvalue weighted by molar-refractivity contribution is -0.137. The quantitative estimate of drug-likeness (QED) is 0.558. The summed E-state index contributed by atoms with van der Waals surface area (Å²) in [6.45, 7) is 0. The van der Waals surface area contributed by atoms with Crippen molar-refractivity contribution in [2.45, 2.75) is 18.4 Å². The molecule has 2 aromatic carbocycles. The zero-order chi connectivity index (χ0) is 16.0. The van der Waals surface area contributed by atoms with E-state index in [0.717, 1.165) is 17.5 Å². The van der Waals surface area contributed by atoms with E-state index in [9.17, 15) is 15.1 Å². The maximum Gasteiger partial charge on any atom is 0.261 e. The highest BCUT2D eigenvalue weighted by atomic mass is 16.4. The predicted octanol–water partition coefficient (Wildman–Crippen LogP) is 2.27. The van der Waals surface area contributed by atoms with Gasteiger partial charge in [-0.3, -0.25) is 4.79 Å². The van der Waals surface area contributed by atoms with E-state index in [-0.39, 0.29) is 0 Å². The van der Waals surface area contributed by atoms with Crippen LogP contribution in [-0.2, 0) is 16.8 Å². The van der Waals surface area contributed by atoms with E-state index >= 15 is 0 Å². The molecule has 0 radical (unpaired) electrons. The first-order valence-electron chi connectivity index (χ1n) is 7.60. The second-order valence-electron chi connectivity index (χ2n) is 6.00. The fourth-order valence-electron chi connectivity index (χ4n) is 3.75. The van der Waals surface area contributed by atoms with Gasteiger partial charge in [-0.25, -0.2) is 0 Å². The maximum atomic E-state index is 12.5. The third-order valence-electron chi connectivity index (χ3n) is 4.87. The van der Waals surface area contributed by atoms with E-state index in [0.29, 0.717) is 23.4 Å². The van der Waals surface area contributed by atoms with Crippen LogP contribution in [0.1, 0.15) is 23.1 Å². The first-order chi connectivity index (χ1) is 11.2. The molecule has 5 heteroatoms. The van der Waals surface area contributed by atoms with Crippen molar-refractivity contribution in [1.82, 2.24) is 0 Å². The Morgan fingerprint density at radius 1 is 1.13 bits per heavy atom. The molecule has 0 spiro atoms. The first kappa shape index (κ1) is 14.0. The van der Waals surface area contributed by atoms with Gasteiger partial charge < -0.3 is 15.6 Å². The average Bonchev–Trinajstić information content (AvgIpc) is 2.85. The Morgan fingerprint density at radius 2 is 1.87 bits per heavy atom. The summed E-state index contributed by atoms with van der Waals surface area (Å²) in [7, 11) is 0. The molecule has 0 saturated carbocycles. The molecule has 0 saturated heterocycles. The van der Waals surface area contributed by atoms with Crippen molar-refractivity contribution in [3.05, 3.63) is 65.2 Å². The van der Waals surface area contributed by atoms with Crippen LogP contribution in [-0.4, -0.2) is 21.9 Å². The van der Waals surface area contributed by atoms with Crippen LogP contribution >= 0.6 is 0 Å². The lowest BCUT2D eigenvalue weighted by Crippen LogP contribution is -2.47. The van der Waals surface area contributed by atoms with Gasteiger partial charge in [0.15, 0.2) is 5.60 Å². The molecule has 0 fully saturated rings. The minimum atomic E-state index is -1.72. The molecule has 2 aliphatic rings. The average molecular weight is 308 g/mol.